The lowest BCUT2D eigenvalue weighted by atomic mass is 9.77. The van der Waals surface area contributed by atoms with Crippen LogP contribution in [-0.2, 0) is 18.0 Å². The van der Waals surface area contributed by atoms with Gasteiger partial charge < -0.3 is 10.1 Å². The van der Waals surface area contributed by atoms with E-state index in [1.807, 2.05) is 0 Å². The minimum absolute atomic E-state index is 0.419. The Kier molecular flexibility index (Phi) is 3.16. The largest absolute Gasteiger partial charge is 0.372 e. The van der Waals surface area contributed by atoms with Gasteiger partial charge in [0.1, 0.15) is 0 Å². The molecule has 2 heteroatoms. The SMILES string of the molecule is CNC(c1ccc2c(c1)COC2)C1(C)CCCC1. The van der Waals surface area contributed by atoms with Crippen molar-refractivity contribution >= 4 is 0 Å². The van der Waals surface area contributed by atoms with Crippen LogP contribution in [0.3, 0.4) is 0 Å². The summed E-state index contributed by atoms with van der Waals surface area (Å²) in [6.45, 7) is 4.01. The van der Waals surface area contributed by atoms with Gasteiger partial charge in [-0.25, -0.2) is 0 Å². The standard InChI is InChI=1S/C16H23NO/c1-16(7-3-4-8-16)15(17-2)12-5-6-13-10-18-11-14(13)9-12/h5-6,9,15,17H,3-4,7-8,10-11H2,1-2H3. The van der Waals surface area contributed by atoms with E-state index in [1.54, 1.807) is 0 Å². The predicted molar refractivity (Wildman–Crippen MR) is 73.3 cm³/mol. The lowest BCUT2D eigenvalue weighted by Gasteiger charge is -2.34. The van der Waals surface area contributed by atoms with E-state index in [0.29, 0.717) is 11.5 Å². The van der Waals surface area contributed by atoms with Crippen LogP contribution < -0.4 is 5.32 Å². The van der Waals surface area contributed by atoms with Crippen molar-refractivity contribution in [3.8, 4) is 0 Å². The molecule has 1 heterocycles. The molecule has 0 bridgehead atoms. The lowest BCUT2D eigenvalue weighted by molar-refractivity contribution is 0.134. The summed E-state index contributed by atoms with van der Waals surface area (Å²) in [6, 6.07) is 7.37. The maximum atomic E-state index is 5.51. The summed E-state index contributed by atoms with van der Waals surface area (Å²) in [4.78, 5) is 0. The second kappa shape index (κ2) is 4.67. The Bertz CT molecular complexity index is 435. The fraction of sp³-hybridized carbons (Fsp3) is 0.625. The first-order valence-corrected chi connectivity index (χ1v) is 7.10. The van der Waals surface area contributed by atoms with Crippen molar-refractivity contribution in [1.29, 1.82) is 0 Å². The monoisotopic (exact) mass is 245 g/mol. The minimum atomic E-state index is 0.419. The molecule has 0 amide bonds. The van der Waals surface area contributed by atoms with E-state index in [0.717, 1.165) is 13.2 Å². The molecule has 0 saturated heterocycles. The Balaban J connectivity index is 1.92. The van der Waals surface area contributed by atoms with Crippen LogP contribution in [0.25, 0.3) is 0 Å². The van der Waals surface area contributed by atoms with E-state index >= 15 is 0 Å². The van der Waals surface area contributed by atoms with Crippen molar-refractivity contribution in [2.75, 3.05) is 7.05 Å². The van der Waals surface area contributed by atoms with Crippen LogP contribution in [0, 0.1) is 5.41 Å². The summed E-state index contributed by atoms with van der Waals surface area (Å²) in [5.41, 5.74) is 4.60. The van der Waals surface area contributed by atoms with Gasteiger partial charge in [-0.2, -0.15) is 0 Å². The first-order valence-electron chi connectivity index (χ1n) is 7.10. The van der Waals surface area contributed by atoms with Crippen LogP contribution in [0.15, 0.2) is 18.2 Å². The number of fused-ring (bicyclic) bond motifs is 1. The normalized spacial score (nSPS) is 23.0. The number of hydrogen-bond acceptors (Lipinski definition) is 2. The van der Waals surface area contributed by atoms with Gasteiger partial charge in [0.25, 0.3) is 0 Å². The van der Waals surface area contributed by atoms with Gasteiger partial charge >= 0.3 is 0 Å². The maximum absolute atomic E-state index is 5.51. The molecular formula is C16H23NO. The second-order valence-electron chi connectivity index (χ2n) is 6.10. The third-order valence-electron chi connectivity index (χ3n) is 4.81. The predicted octanol–water partition coefficient (Wildman–Crippen LogP) is 3.56. The number of ether oxygens (including phenoxy) is 1. The molecule has 1 N–H and O–H groups in total. The fourth-order valence-corrected chi connectivity index (χ4v) is 3.76. The van der Waals surface area contributed by atoms with Crippen molar-refractivity contribution in [3.63, 3.8) is 0 Å². The van der Waals surface area contributed by atoms with Gasteiger partial charge in [0.2, 0.25) is 0 Å². The Hall–Kier alpha value is -0.860. The fourth-order valence-electron chi connectivity index (χ4n) is 3.76. The molecule has 1 aliphatic carbocycles. The van der Waals surface area contributed by atoms with Crippen molar-refractivity contribution in [1.82, 2.24) is 5.32 Å². The smallest absolute Gasteiger partial charge is 0.0725 e. The highest BCUT2D eigenvalue weighted by Gasteiger charge is 2.37. The van der Waals surface area contributed by atoms with E-state index in [-0.39, 0.29) is 0 Å². The molecule has 3 rings (SSSR count). The van der Waals surface area contributed by atoms with Crippen molar-refractivity contribution < 1.29 is 4.74 Å². The number of benzene rings is 1. The molecule has 1 fully saturated rings. The van der Waals surface area contributed by atoms with Crippen LogP contribution >= 0.6 is 0 Å². The van der Waals surface area contributed by atoms with Gasteiger partial charge in [0.05, 0.1) is 13.2 Å². The molecule has 0 spiro atoms. The van der Waals surface area contributed by atoms with Gasteiger partial charge in [-0.1, -0.05) is 38.0 Å². The number of hydrogen-bond donors (Lipinski definition) is 1. The zero-order valence-corrected chi connectivity index (χ0v) is 11.5. The quantitative estimate of drug-likeness (QED) is 0.879. The molecule has 1 atom stereocenters. The highest BCUT2D eigenvalue weighted by molar-refractivity contribution is 5.35. The molecule has 1 aliphatic heterocycles. The van der Waals surface area contributed by atoms with Crippen LogP contribution in [0.2, 0.25) is 0 Å². The second-order valence-corrected chi connectivity index (χ2v) is 6.10. The Morgan fingerprint density at radius 2 is 1.89 bits per heavy atom. The van der Waals surface area contributed by atoms with Gasteiger partial charge in [0, 0.05) is 6.04 Å². The molecule has 1 aromatic rings. The summed E-state index contributed by atoms with van der Waals surface area (Å²) in [5, 5.41) is 3.55. The topological polar surface area (TPSA) is 21.3 Å². The van der Waals surface area contributed by atoms with Gasteiger partial charge in [-0.15, -0.1) is 0 Å². The van der Waals surface area contributed by atoms with Gasteiger partial charge in [-0.3, -0.25) is 0 Å². The van der Waals surface area contributed by atoms with E-state index in [9.17, 15) is 0 Å². The van der Waals surface area contributed by atoms with Crippen molar-refractivity contribution in [2.45, 2.75) is 51.9 Å². The van der Waals surface area contributed by atoms with Crippen molar-refractivity contribution in [2.24, 2.45) is 5.41 Å². The number of nitrogens with one attached hydrogen (secondary N) is 1. The zero-order valence-electron chi connectivity index (χ0n) is 11.5. The average molecular weight is 245 g/mol. The minimum Gasteiger partial charge on any atom is -0.372 e. The first kappa shape index (κ1) is 12.2. The molecule has 2 aliphatic rings. The van der Waals surface area contributed by atoms with Crippen LogP contribution in [0.1, 0.15) is 55.3 Å². The zero-order chi connectivity index (χ0) is 12.6. The van der Waals surface area contributed by atoms with Crippen LogP contribution in [0.4, 0.5) is 0 Å². The number of rotatable bonds is 3. The lowest BCUT2D eigenvalue weighted by Crippen LogP contribution is -2.32. The summed E-state index contributed by atoms with van der Waals surface area (Å²) >= 11 is 0. The van der Waals surface area contributed by atoms with E-state index in [1.165, 1.54) is 42.4 Å². The Morgan fingerprint density at radius 3 is 2.61 bits per heavy atom. The van der Waals surface area contributed by atoms with Crippen LogP contribution in [-0.4, -0.2) is 7.05 Å². The van der Waals surface area contributed by atoms with Crippen LogP contribution in [0.5, 0.6) is 0 Å². The highest BCUT2D eigenvalue weighted by atomic mass is 16.5. The summed E-state index contributed by atoms with van der Waals surface area (Å²) in [6.07, 6.45) is 5.43. The molecule has 2 nitrogen and oxygen atoms in total. The van der Waals surface area contributed by atoms with E-state index < -0.39 is 0 Å². The van der Waals surface area contributed by atoms with Gasteiger partial charge in [-0.05, 0) is 42.0 Å². The molecular weight excluding hydrogens is 222 g/mol. The summed E-state index contributed by atoms with van der Waals surface area (Å²) < 4.78 is 5.51. The molecule has 0 aromatic heterocycles. The third kappa shape index (κ3) is 1.98. The highest BCUT2D eigenvalue weighted by Crippen LogP contribution is 2.47. The molecule has 1 aromatic carbocycles. The summed E-state index contributed by atoms with van der Waals surface area (Å²) in [5.74, 6) is 0. The Labute approximate surface area is 110 Å². The molecule has 98 valence electrons. The van der Waals surface area contributed by atoms with E-state index in [2.05, 4.69) is 37.5 Å². The molecule has 18 heavy (non-hydrogen) atoms. The molecule has 1 unspecified atom stereocenters. The molecule has 0 radical (unpaired) electrons. The maximum Gasteiger partial charge on any atom is 0.0725 e. The third-order valence-corrected chi connectivity index (χ3v) is 4.81. The molecule has 1 saturated carbocycles. The first-order chi connectivity index (χ1) is 8.73. The average Bonchev–Trinajstić information content (AvgIpc) is 2.98. The Morgan fingerprint density at radius 1 is 1.17 bits per heavy atom. The van der Waals surface area contributed by atoms with Gasteiger partial charge in [0.15, 0.2) is 0 Å². The van der Waals surface area contributed by atoms with E-state index in [4.69, 9.17) is 4.74 Å². The van der Waals surface area contributed by atoms with Crippen molar-refractivity contribution in [3.05, 3.63) is 34.9 Å². The summed E-state index contributed by atoms with van der Waals surface area (Å²) in [7, 11) is 2.10.